The Morgan fingerprint density at radius 2 is 1.44 bits per heavy atom. The van der Waals surface area contributed by atoms with Gasteiger partial charge >= 0.3 is 0 Å². The van der Waals surface area contributed by atoms with Gasteiger partial charge in [-0.3, -0.25) is 0 Å². The van der Waals surface area contributed by atoms with Gasteiger partial charge in [0.2, 0.25) is 0 Å². The molecule has 0 saturated heterocycles. The Labute approximate surface area is 112 Å². The van der Waals surface area contributed by atoms with Crippen LogP contribution in [0.3, 0.4) is 0 Å². The largest absolute Gasteiger partial charge is 0.490 e. The summed E-state index contributed by atoms with van der Waals surface area (Å²) in [6.45, 7) is 15.8. The predicted molar refractivity (Wildman–Crippen MR) is 77.6 cm³/mol. The molecule has 0 unspecified atom stereocenters. The summed E-state index contributed by atoms with van der Waals surface area (Å²) in [5.41, 5.74) is 4.55. The second-order valence-corrected chi connectivity index (χ2v) is 7.60. The number of hydrogen-bond acceptors (Lipinski definition) is 1. The van der Waals surface area contributed by atoms with Crippen molar-refractivity contribution in [2.45, 2.75) is 71.8 Å². The van der Waals surface area contributed by atoms with Crippen molar-refractivity contribution in [3.63, 3.8) is 0 Å². The highest BCUT2D eigenvalue weighted by Crippen LogP contribution is 2.43. The van der Waals surface area contributed by atoms with Crippen molar-refractivity contribution >= 4 is 0 Å². The topological polar surface area (TPSA) is 9.23 Å². The summed E-state index contributed by atoms with van der Waals surface area (Å²) in [6.07, 6.45) is 1.36. The van der Waals surface area contributed by atoms with E-state index in [1.807, 2.05) is 0 Å². The zero-order valence-corrected chi connectivity index (χ0v) is 12.8. The van der Waals surface area contributed by atoms with Gasteiger partial charge in [-0.05, 0) is 28.9 Å². The van der Waals surface area contributed by atoms with E-state index < -0.39 is 0 Å². The number of ether oxygens (including phenoxy) is 1. The lowest BCUT2D eigenvalue weighted by atomic mass is 9.78. The number of hydrogen-bond donors (Lipinski definition) is 0. The summed E-state index contributed by atoms with van der Waals surface area (Å²) < 4.78 is 6.10. The van der Waals surface area contributed by atoms with E-state index in [9.17, 15) is 0 Å². The molecule has 1 aliphatic heterocycles. The fraction of sp³-hybridized carbons (Fsp3) is 0.647. The van der Waals surface area contributed by atoms with E-state index in [2.05, 4.69) is 60.6 Å². The van der Waals surface area contributed by atoms with Gasteiger partial charge in [0, 0.05) is 12.0 Å². The Balaban J connectivity index is 2.63. The quantitative estimate of drug-likeness (QED) is 0.650. The molecule has 0 aliphatic carbocycles. The molecule has 1 heterocycles. The standard InChI is InChI=1S/C17H26O/c1-11-10-12-13(16(2,3)4)8-9-14(15(12)18-11)17(5,6)7/h8-9,11H,10H2,1-7H3/t11-/m1/s1. The molecule has 1 aliphatic rings. The van der Waals surface area contributed by atoms with E-state index in [0.29, 0.717) is 6.10 Å². The number of fused-ring (bicyclic) bond motifs is 1. The van der Waals surface area contributed by atoms with Gasteiger partial charge in [-0.15, -0.1) is 0 Å². The van der Waals surface area contributed by atoms with E-state index >= 15 is 0 Å². The van der Waals surface area contributed by atoms with Crippen molar-refractivity contribution in [2.24, 2.45) is 0 Å². The maximum absolute atomic E-state index is 6.10. The Morgan fingerprint density at radius 1 is 0.944 bits per heavy atom. The summed E-state index contributed by atoms with van der Waals surface area (Å²) >= 11 is 0. The van der Waals surface area contributed by atoms with E-state index in [4.69, 9.17) is 4.74 Å². The normalized spacial score (nSPS) is 19.6. The Kier molecular flexibility index (Phi) is 3.00. The first kappa shape index (κ1) is 13.5. The molecule has 0 spiro atoms. The summed E-state index contributed by atoms with van der Waals surface area (Å²) in [4.78, 5) is 0. The molecule has 100 valence electrons. The SMILES string of the molecule is C[C@@H]1Cc2c(C(C)(C)C)ccc(C(C)(C)C)c2O1. The van der Waals surface area contributed by atoms with Crippen molar-refractivity contribution in [2.75, 3.05) is 0 Å². The lowest BCUT2D eigenvalue weighted by Gasteiger charge is -2.27. The van der Waals surface area contributed by atoms with Gasteiger partial charge in [-0.25, -0.2) is 0 Å². The molecule has 2 rings (SSSR count). The molecule has 0 saturated carbocycles. The third-order valence-electron chi connectivity index (χ3n) is 3.69. The van der Waals surface area contributed by atoms with Crippen LogP contribution in [0.25, 0.3) is 0 Å². The molecule has 1 atom stereocenters. The molecule has 0 aromatic heterocycles. The van der Waals surface area contributed by atoms with Crippen LogP contribution in [0.1, 0.15) is 65.2 Å². The molecule has 1 aromatic carbocycles. The van der Waals surface area contributed by atoms with E-state index in [-0.39, 0.29) is 10.8 Å². The van der Waals surface area contributed by atoms with Gasteiger partial charge in [0.1, 0.15) is 11.9 Å². The van der Waals surface area contributed by atoms with Crippen LogP contribution in [0.15, 0.2) is 12.1 Å². The molecule has 0 radical (unpaired) electrons. The number of rotatable bonds is 0. The second-order valence-electron chi connectivity index (χ2n) is 7.60. The molecule has 1 heteroatoms. The molecule has 0 amide bonds. The van der Waals surface area contributed by atoms with E-state index in [1.165, 1.54) is 16.7 Å². The highest BCUT2D eigenvalue weighted by atomic mass is 16.5. The Bertz CT molecular complexity index is 415. The molecule has 1 aromatic rings. The second kappa shape index (κ2) is 4.01. The van der Waals surface area contributed by atoms with Gasteiger partial charge < -0.3 is 4.74 Å². The van der Waals surface area contributed by atoms with Crippen molar-refractivity contribution in [3.05, 3.63) is 28.8 Å². The minimum Gasteiger partial charge on any atom is -0.490 e. The zero-order chi connectivity index (χ0) is 13.7. The van der Waals surface area contributed by atoms with Gasteiger partial charge in [-0.1, -0.05) is 53.7 Å². The molecule has 18 heavy (non-hydrogen) atoms. The first-order valence-electron chi connectivity index (χ1n) is 6.94. The molecule has 0 bridgehead atoms. The van der Waals surface area contributed by atoms with Crippen molar-refractivity contribution < 1.29 is 4.74 Å². The predicted octanol–water partition coefficient (Wildman–Crippen LogP) is 4.61. The third-order valence-corrected chi connectivity index (χ3v) is 3.69. The van der Waals surface area contributed by atoms with E-state index in [0.717, 1.165) is 12.2 Å². The fourth-order valence-corrected chi connectivity index (χ4v) is 2.79. The van der Waals surface area contributed by atoms with Crippen LogP contribution in [0, 0.1) is 0 Å². The van der Waals surface area contributed by atoms with Crippen LogP contribution < -0.4 is 4.74 Å². The summed E-state index contributed by atoms with van der Waals surface area (Å²) in [5, 5.41) is 0. The molecule has 0 fully saturated rings. The van der Waals surface area contributed by atoms with Gasteiger partial charge in [0.15, 0.2) is 0 Å². The van der Waals surface area contributed by atoms with Crippen molar-refractivity contribution in [1.29, 1.82) is 0 Å². The first-order chi connectivity index (χ1) is 8.10. The smallest absolute Gasteiger partial charge is 0.127 e. The lowest BCUT2D eigenvalue weighted by molar-refractivity contribution is 0.249. The highest BCUT2D eigenvalue weighted by Gasteiger charge is 2.32. The average Bonchev–Trinajstić information content (AvgIpc) is 2.53. The van der Waals surface area contributed by atoms with Crippen molar-refractivity contribution in [3.8, 4) is 5.75 Å². The maximum atomic E-state index is 6.10. The first-order valence-corrected chi connectivity index (χ1v) is 6.94. The van der Waals surface area contributed by atoms with Gasteiger partial charge in [-0.2, -0.15) is 0 Å². The lowest BCUT2D eigenvalue weighted by Crippen LogP contribution is -2.17. The highest BCUT2D eigenvalue weighted by molar-refractivity contribution is 5.53. The van der Waals surface area contributed by atoms with Crippen LogP contribution in [-0.4, -0.2) is 6.10 Å². The zero-order valence-electron chi connectivity index (χ0n) is 12.8. The molecular weight excluding hydrogens is 220 g/mol. The van der Waals surface area contributed by atoms with Crippen LogP contribution in [0.5, 0.6) is 5.75 Å². The Morgan fingerprint density at radius 3 is 1.94 bits per heavy atom. The summed E-state index contributed by atoms with van der Waals surface area (Å²) in [6, 6.07) is 4.57. The summed E-state index contributed by atoms with van der Waals surface area (Å²) in [5.74, 6) is 1.16. The van der Waals surface area contributed by atoms with Crippen LogP contribution >= 0.6 is 0 Å². The minimum absolute atomic E-state index is 0.143. The number of benzene rings is 1. The average molecular weight is 246 g/mol. The molecular formula is C17H26O. The van der Waals surface area contributed by atoms with Crippen LogP contribution in [-0.2, 0) is 17.3 Å². The fourth-order valence-electron chi connectivity index (χ4n) is 2.79. The maximum Gasteiger partial charge on any atom is 0.127 e. The minimum atomic E-state index is 0.143. The summed E-state index contributed by atoms with van der Waals surface area (Å²) in [7, 11) is 0. The monoisotopic (exact) mass is 246 g/mol. The molecule has 0 N–H and O–H groups in total. The third kappa shape index (κ3) is 2.28. The van der Waals surface area contributed by atoms with Gasteiger partial charge in [0.05, 0.1) is 0 Å². The van der Waals surface area contributed by atoms with Crippen LogP contribution in [0.4, 0.5) is 0 Å². The van der Waals surface area contributed by atoms with Crippen LogP contribution in [0.2, 0.25) is 0 Å². The van der Waals surface area contributed by atoms with Gasteiger partial charge in [0.25, 0.3) is 0 Å². The molecule has 1 nitrogen and oxygen atoms in total. The Hall–Kier alpha value is -0.980. The van der Waals surface area contributed by atoms with E-state index in [1.54, 1.807) is 0 Å². The van der Waals surface area contributed by atoms with Crippen molar-refractivity contribution in [1.82, 2.24) is 0 Å².